The van der Waals surface area contributed by atoms with Crippen LogP contribution in [0.4, 0.5) is 0 Å². The number of hydrogen-bond donors (Lipinski definition) is 1. The molecule has 0 atom stereocenters. The number of amides is 2. The van der Waals surface area contributed by atoms with Gasteiger partial charge in [0.05, 0.1) is 20.8 Å². The van der Waals surface area contributed by atoms with Gasteiger partial charge < -0.3 is 19.7 Å². The largest absolute Gasteiger partial charge is 0.493 e. The first kappa shape index (κ1) is 16.6. The molecule has 0 spiro atoms. The number of likely N-dealkylation sites (N-methyl/N-ethyl adjacent to an activating group) is 1. The fourth-order valence-electron chi connectivity index (χ4n) is 1.51. The number of carbonyl (C=O) groups excluding carboxylic acids is 2. The maximum atomic E-state index is 11.6. The Morgan fingerprint density at radius 1 is 1.19 bits per heavy atom. The first-order chi connectivity index (χ1) is 9.97. The Hall–Kier alpha value is -2.50. The fourth-order valence-corrected chi connectivity index (χ4v) is 1.51. The Morgan fingerprint density at radius 2 is 1.86 bits per heavy atom. The van der Waals surface area contributed by atoms with Crippen LogP contribution >= 0.6 is 0 Å². The first-order valence-corrected chi connectivity index (χ1v) is 6.36. The van der Waals surface area contributed by atoms with Crippen LogP contribution in [0.5, 0.6) is 11.5 Å². The van der Waals surface area contributed by atoms with Crippen LogP contribution in [0, 0.1) is 0 Å². The van der Waals surface area contributed by atoms with E-state index in [0.717, 1.165) is 5.56 Å². The Labute approximate surface area is 124 Å². The van der Waals surface area contributed by atoms with Gasteiger partial charge in [-0.2, -0.15) is 0 Å². The number of benzene rings is 1. The summed E-state index contributed by atoms with van der Waals surface area (Å²) in [5.41, 5.74) is 0.793. The van der Waals surface area contributed by atoms with Crippen molar-refractivity contribution in [2.75, 3.05) is 34.9 Å². The number of methoxy groups -OCH3 is 2. The highest BCUT2D eigenvalue weighted by molar-refractivity contribution is 5.94. The summed E-state index contributed by atoms with van der Waals surface area (Å²) in [6.45, 7) is -0.0257. The topological polar surface area (TPSA) is 67.9 Å². The maximum absolute atomic E-state index is 11.6. The molecule has 21 heavy (non-hydrogen) atoms. The van der Waals surface area contributed by atoms with Crippen molar-refractivity contribution in [2.45, 2.75) is 0 Å². The first-order valence-electron chi connectivity index (χ1n) is 6.36. The van der Waals surface area contributed by atoms with E-state index >= 15 is 0 Å². The number of carbonyl (C=O) groups is 2. The molecule has 0 aliphatic rings. The second kappa shape index (κ2) is 7.94. The van der Waals surface area contributed by atoms with E-state index in [4.69, 9.17) is 9.47 Å². The molecule has 0 unspecified atom stereocenters. The molecule has 114 valence electrons. The van der Waals surface area contributed by atoms with Crippen LogP contribution in [0.15, 0.2) is 24.3 Å². The Bertz CT molecular complexity index is 538. The third kappa shape index (κ3) is 5.18. The van der Waals surface area contributed by atoms with Gasteiger partial charge in [0, 0.05) is 20.2 Å². The summed E-state index contributed by atoms with van der Waals surface area (Å²) >= 11 is 0. The minimum Gasteiger partial charge on any atom is -0.493 e. The second-order valence-electron chi connectivity index (χ2n) is 4.45. The monoisotopic (exact) mass is 292 g/mol. The molecule has 0 fully saturated rings. The van der Waals surface area contributed by atoms with Crippen LogP contribution in [-0.4, -0.2) is 51.6 Å². The molecule has 1 rings (SSSR count). The number of ether oxygens (including phenoxy) is 2. The number of hydrogen-bond acceptors (Lipinski definition) is 4. The molecule has 0 aromatic heterocycles. The standard InChI is InChI=1S/C15H20N2O4/c1-17(2)15(19)10-16-14(18)8-6-11-5-7-12(20-3)13(9-11)21-4/h5-9H,10H2,1-4H3,(H,16,18)/b8-6+. The molecule has 1 aromatic carbocycles. The van der Waals surface area contributed by atoms with E-state index in [2.05, 4.69) is 5.32 Å². The molecule has 0 aliphatic heterocycles. The molecular weight excluding hydrogens is 272 g/mol. The van der Waals surface area contributed by atoms with Crippen LogP contribution in [0.2, 0.25) is 0 Å². The third-order valence-electron chi connectivity index (χ3n) is 2.75. The van der Waals surface area contributed by atoms with Gasteiger partial charge in [-0.3, -0.25) is 9.59 Å². The summed E-state index contributed by atoms with van der Waals surface area (Å²) in [5, 5.41) is 2.51. The minimum atomic E-state index is -0.333. The van der Waals surface area contributed by atoms with Gasteiger partial charge in [-0.1, -0.05) is 6.07 Å². The maximum Gasteiger partial charge on any atom is 0.244 e. The highest BCUT2D eigenvalue weighted by Gasteiger charge is 2.05. The molecule has 0 radical (unpaired) electrons. The highest BCUT2D eigenvalue weighted by Crippen LogP contribution is 2.27. The summed E-state index contributed by atoms with van der Waals surface area (Å²) in [6, 6.07) is 5.32. The van der Waals surface area contributed by atoms with Crippen molar-refractivity contribution < 1.29 is 19.1 Å². The Kier molecular flexibility index (Phi) is 6.26. The molecular formula is C15H20N2O4. The van der Waals surface area contributed by atoms with Crippen molar-refractivity contribution in [3.8, 4) is 11.5 Å². The molecule has 0 saturated heterocycles. The lowest BCUT2D eigenvalue weighted by Crippen LogP contribution is -2.35. The summed E-state index contributed by atoms with van der Waals surface area (Å²) in [4.78, 5) is 24.3. The fraction of sp³-hybridized carbons (Fsp3) is 0.333. The normalized spacial score (nSPS) is 10.3. The lowest BCUT2D eigenvalue weighted by molar-refractivity contribution is -0.129. The van der Waals surface area contributed by atoms with Crippen LogP contribution in [-0.2, 0) is 9.59 Å². The molecule has 2 amide bonds. The molecule has 0 bridgehead atoms. The van der Waals surface area contributed by atoms with Gasteiger partial charge in [0.15, 0.2) is 11.5 Å². The summed E-state index contributed by atoms with van der Waals surface area (Å²) < 4.78 is 10.3. The van der Waals surface area contributed by atoms with Gasteiger partial charge in [0.1, 0.15) is 0 Å². The highest BCUT2D eigenvalue weighted by atomic mass is 16.5. The summed E-state index contributed by atoms with van der Waals surface area (Å²) in [7, 11) is 6.37. The SMILES string of the molecule is COc1ccc(/C=C/C(=O)NCC(=O)N(C)C)cc1OC. The van der Waals surface area contributed by atoms with E-state index in [1.807, 2.05) is 0 Å². The zero-order valence-electron chi connectivity index (χ0n) is 12.7. The van der Waals surface area contributed by atoms with Crippen molar-refractivity contribution in [2.24, 2.45) is 0 Å². The Morgan fingerprint density at radius 3 is 2.43 bits per heavy atom. The quantitative estimate of drug-likeness (QED) is 0.792. The van der Waals surface area contributed by atoms with E-state index in [0.29, 0.717) is 11.5 Å². The number of nitrogens with zero attached hydrogens (tertiary/aromatic N) is 1. The van der Waals surface area contributed by atoms with Crippen LogP contribution in [0.3, 0.4) is 0 Å². The van der Waals surface area contributed by atoms with Crippen LogP contribution < -0.4 is 14.8 Å². The predicted octanol–water partition coefficient (Wildman–Crippen LogP) is 0.921. The second-order valence-corrected chi connectivity index (χ2v) is 4.45. The van der Waals surface area contributed by atoms with Gasteiger partial charge in [0.25, 0.3) is 0 Å². The summed E-state index contributed by atoms with van der Waals surface area (Å²) in [5.74, 6) is 0.710. The predicted molar refractivity (Wildman–Crippen MR) is 80.3 cm³/mol. The van der Waals surface area contributed by atoms with Gasteiger partial charge >= 0.3 is 0 Å². The lowest BCUT2D eigenvalue weighted by Gasteiger charge is -2.09. The van der Waals surface area contributed by atoms with E-state index < -0.39 is 0 Å². The third-order valence-corrected chi connectivity index (χ3v) is 2.75. The molecule has 0 aliphatic carbocycles. The molecule has 0 saturated carbocycles. The average Bonchev–Trinajstić information content (AvgIpc) is 2.49. The van der Waals surface area contributed by atoms with Gasteiger partial charge in [-0.15, -0.1) is 0 Å². The van der Waals surface area contributed by atoms with E-state index in [1.54, 1.807) is 52.6 Å². The Balaban J connectivity index is 2.64. The van der Waals surface area contributed by atoms with Crippen LogP contribution in [0.1, 0.15) is 5.56 Å². The van der Waals surface area contributed by atoms with Crippen molar-refractivity contribution in [3.05, 3.63) is 29.8 Å². The number of rotatable bonds is 6. The van der Waals surface area contributed by atoms with Crippen molar-refractivity contribution in [3.63, 3.8) is 0 Å². The van der Waals surface area contributed by atoms with E-state index in [1.165, 1.54) is 11.0 Å². The van der Waals surface area contributed by atoms with Crippen LogP contribution in [0.25, 0.3) is 6.08 Å². The van der Waals surface area contributed by atoms with E-state index in [-0.39, 0.29) is 18.4 Å². The molecule has 0 heterocycles. The van der Waals surface area contributed by atoms with Crippen molar-refractivity contribution >= 4 is 17.9 Å². The lowest BCUT2D eigenvalue weighted by atomic mass is 10.2. The van der Waals surface area contributed by atoms with Crippen molar-refractivity contribution in [1.29, 1.82) is 0 Å². The van der Waals surface area contributed by atoms with Gasteiger partial charge in [-0.25, -0.2) is 0 Å². The smallest absolute Gasteiger partial charge is 0.244 e. The zero-order valence-corrected chi connectivity index (χ0v) is 12.7. The average molecular weight is 292 g/mol. The number of nitrogens with one attached hydrogen (secondary N) is 1. The zero-order chi connectivity index (χ0) is 15.8. The molecule has 1 aromatic rings. The van der Waals surface area contributed by atoms with Crippen molar-refractivity contribution in [1.82, 2.24) is 10.2 Å². The summed E-state index contributed by atoms with van der Waals surface area (Å²) in [6.07, 6.45) is 3.00. The molecule has 1 N–H and O–H groups in total. The van der Waals surface area contributed by atoms with Gasteiger partial charge in [0.2, 0.25) is 11.8 Å². The molecule has 6 nitrogen and oxygen atoms in total. The van der Waals surface area contributed by atoms with E-state index in [9.17, 15) is 9.59 Å². The minimum absolute atomic E-state index is 0.0257. The molecule has 6 heteroatoms. The van der Waals surface area contributed by atoms with Gasteiger partial charge in [-0.05, 0) is 23.8 Å².